The van der Waals surface area contributed by atoms with Crippen LogP contribution in [0.1, 0.15) is 24.3 Å². The number of hydrogen-bond donors (Lipinski definition) is 1. The molecule has 0 bridgehead atoms. The number of hydrogen-bond acceptors (Lipinski definition) is 3. The van der Waals surface area contributed by atoms with Crippen LogP contribution in [-0.2, 0) is 0 Å². The van der Waals surface area contributed by atoms with Crippen molar-refractivity contribution in [2.75, 3.05) is 18.5 Å². The largest absolute Gasteiger partial charge is 0.474 e. The molecule has 3 rings (SSSR count). The van der Waals surface area contributed by atoms with Crippen molar-refractivity contribution in [2.45, 2.75) is 18.8 Å². The van der Waals surface area contributed by atoms with Crippen LogP contribution in [-0.4, -0.2) is 18.1 Å². The fraction of sp³-hybridized carbons (Fsp3) is 0.500. The van der Waals surface area contributed by atoms with E-state index in [1.165, 1.54) is 18.4 Å². The fourth-order valence-electron chi connectivity index (χ4n) is 1.86. The van der Waals surface area contributed by atoms with Crippen molar-refractivity contribution in [1.82, 2.24) is 4.98 Å². The first-order valence-electron chi connectivity index (χ1n) is 4.91. The minimum absolute atomic E-state index is 0.704. The van der Waals surface area contributed by atoms with Crippen LogP contribution in [0.3, 0.4) is 0 Å². The zero-order chi connectivity index (χ0) is 9.54. The Labute approximate surface area is 91.0 Å². The van der Waals surface area contributed by atoms with Gasteiger partial charge in [-0.05, 0) is 40.3 Å². The zero-order valence-electron chi connectivity index (χ0n) is 7.72. The molecule has 2 heterocycles. The van der Waals surface area contributed by atoms with E-state index in [-0.39, 0.29) is 0 Å². The van der Waals surface area contributed by atoms with Gasteiger partial charge in [-0.3, -0.25) is 0 Å². The second-order valence-electron chi connectivity index (χ2n) is 3.75. The average molecular weight is 255 g/mol. The maximum Gasteiger partial charge on any atom is 0.237 e. The molecular weight excluding hydrogens is 244 g/mol. The molecule has 0 atom stereocenters. The third kappa shape index (κ3) is 1.29. The number of ether oxygens (including phenoxy) is 1. The van der Waals surface area contributed by atoms with Crippen LogP contribution in [0, 0.1) is 0 Å². The van der Waals surface area contributed by atoms with Crippen molar-refractivity contribution in [1.29, 1.82) is 0 Å². The Bertz CT molecular complexity index is 377. The van der Waals surface area contributed by atoms with Gasteiger partial charge in [-0.15, -0.1) is 0 Å². The normalized spacial score (nSPS) is 19.5. The van der Waals surface area contributed by atoms with E-state index in [2.05, 4.69) is 26.2 Å². The lowest BCUT2D eigenvalue weighted by Gasteiger charge is -2.21. The Morgan fingerprint density at radius 2 is 2.36 bits per heavy atom. The Kier molecular flexibility index (Phi) is 1.90. The first-order chi connectivity index (χ1) is 6.86. The summed E-state index contributed by atoms with van der Waals surface area (Å²) in [5.74, 6) is 1.47. The molecule has 0 saturated heterocycles. The number of halogens is 1. The van der Waals surface area contributed by atoms with Crippen molar-refractivity contribution < 1.29 is 4.74 Å². The van der Waals surface area contributed by atoms with Crippen LogP contribution >= 0.6 is 15.9 Å². The summed E-state index contributed by atoms with van der Waals surface area (Å²) < 4.78 is 6.61. The van der Waals surface area contributed by atoms with Crippen LogP contribution in [0.5, 0.6) is 5.88 Å². The number of nitrogens with zero attached hydrogens (tertiary/aromatic N) is 1. The lowest BCUT2D eigenvalue weighted by molar-refractivity contribution is 0.309. The number of pyridine rings is 1. The summed E-state index contributed by atoms with van der Waals surface area (Å²) in [5.41, 5.74) is 2.46. The van der Waals surface area contributed by atoms with Gasteiger partial charge < -0.3 is 10.1 Å². The predicted molar refractivity (Wildman–Crippen MR) is 57.9 cm³/mol. The van der Waals surface area contributed by atoms with Crippen molar-refractivity contribution in [3.05, 3.63) is 16.2 Å². The number of nitrogens with one attached hydrogen (secondary N) is 1. The molecule has 3 nitrogen and oxygen atoms in total. The second-order valence-corrected chi connectivity index (χ2v) is 4.60. The SMILES string of the molecule is Brc1cnc2c(c1C1CC1)NCCO2. The van der Waals surface area contributed by atoms with E-state index in [9.17, 15) is 0 Å². The quantitative estimate of drug-likeness (QED) is 0.837. The standard InChI is InChI=1S/C10H11BrN2O/c11-7-5-13-10-9(12-3-4-14-10)8(7)6-1-2-6/h5-6,12H,1-4H2. The second kappa shape index (κ2) is 3.12. The van der Waals surface area contributed by atoms with Gasteiger partial charge in [-0.25, -0.2) is 4.98 Å². The lowest BCUT2D eigenvalue weighted by atomic mass is 10.1. The summed E-state index contributed by atoms with van der Waals surface area (Å²) in [4.78, 5) is 4.26. The van der Waals surface area contributed by atoms with Crippen molar-refractivity contribution in [3.63, 3.8) is 0 Å². The topological polar surface area (TPSA) is 34.2 Å². The van der Waals surface area contributed by atoms with Crippen molar-refractivity contribution in [2.24, 2.45) is 0 Å². The highest BCUT2D eigenvalue weighted by molar-refractivity contribution is 9.10. The van der Waals surface area contributed by atoms with E-state index < -0.39 is 0 Å². The van der Waals surface area contributed by atoms with E-state index in [1.54, 1.807) is 0 Å². The molecule has 0 spiro atoms. The molecule has 1 aromatic rings. The Morgan fingerprint density at radius 1 is 1.50 bits per heavy atom. The van der Waals surface area contributed by atoms with E-state index >= 15 is 0 Å². The molecule has 0 aromatic carbocycles. The van der Waals surface area contributed by atoms with Gasteiger partial charge >= 0.3 is 0 Å². The summed E-state index contributed by atoms with van der Waals surface area (Å²) in [6.45, 7) is 1.59. The average Bonchev–Trinajstić information content (AvgIpc) is 3.01. The van der Waals surface area contributed by atoms with E-state index in [4.69, 9.17) is 4.74 Å². The van der Waals surface area contributed by atoms with Crippen molar-refractivity contribution >= 4 is 21.6 Å². The number of anilines is 1. The monoisotopic (exact) mass is 254 g/mol. The minimum Gasteiger partial charge on any atom is -0.474 e. The summed E-state index contributed by atoms with van der Waals surface area (Å²) in [6, 6.07) is 0. The van der Waals surface area contributed by atoms with Crippen molar-refractivity contribution in [3.8, 4) is 5.88 Å². The third-order valence-electron chi connectivity index (χ3n) is 2.66. The van der Waals surface area contributed by atoms with Gasteiger partial charge in [0.15, 0.2) is 0 Å². The van der Waals surface area contributed by atoms with Gasteiger partial charge in [-0.1, -0.05) is 0 Å². The predicted octanol–water partition coefficient (Wildman–Crippen LogP) is 2.53. The highest BCUT2D eigenvalue weighted by Crippen LogP contribution is 2.49. The summed E-state index contributed by atoms with van der Waals surface area (Å²) >= 11 is 3.56. The van der Waals surface area contributed by atoms with E-state index in [0.717, 1.165) is 22.6 Å². The van der Waals surface area contributed by atoms with Crippen LogP contribution in [0.15, 0.2) is 10.7 Å². The minimum atomic E-state index is 0.704. The Morgan fingerprint density at radius 3 is 3.14 bits per heavy atom. The third-order valence-corrected chi connectivity index (χ3v) is 3.30. The molecule has 0 radical (unpaired) electrons. The molecule has 1 saturated carbocycles. The molecule has 1 aliphatic heterocycles. The highest BCUT2D eigenvalue weighted by Gasteiger charge is 2.31. The molecule has 2 aliphatic rings. The molecule has 0 unspecified atom stereocenters. The molecule has 1 aliphatic carbocycles. The summed E-state index contributed by atoms with van der Waals surface area (Å²) in [5, 5.41) is 3.38. The number of aromatic nitrogens is 1. The Hall–Kier alpha value is -0.770. The van der Waals surface area contributed by atoms with Crippen LogP contribution in [0.4, 0.5) is 5.69 Å². The smallest absolute Gasteiger partial charge is 0.237 e. The van der Waals surface area contributed by atoms with Crippen LogP contribution in [0.25, 0.3) is 0 Å². The van der Waals surface area contributed by atoms with E-state index in [1.807, 2.05) is 6.20 Å². The van der Waals surface area contributed by atoms with Gasteiger partial charge in [0.1, 0.15) is 12.3 Å². The highest BCUT2D eigenvalue weighted by atomic mass is 79.9. The lowest BCUT2D eigenvalue weighted by Crippen LogP contribution is -2.20. The molecule has 74 valence electrons. The molecular formula is C10H11BrN2O. The summed E-state index contributed by atoms with van der Waals surface area (Å²) in [6.07, 6.45) is 4.42. The zero-order valence-corrected chi connectivity index (χ0v) is 9.30. The molecule has 1 aromatic heterocycles. The van der Waals surface area contributed by atoms with Gasteiger partial charge in [0.25, 0.3) is 0 Å². The Balaban J connectivity index is 2.14. The van der Waals surface area contributed by atoms with Gasteiger partial charge in [-0.2, -0.15) is 0 Å². The molecule has 1 N–H and O–H groups in total. The van der Waals surface area contributed by atoms with Crippen LogP contribution in [0.2, 0.25) is 0 Å². The molecule has 14 heavy (non-hydrogen) atoms. The molecule has 4 heteroatoms. The van der Waals surface area contributed by atoms with E-state index in [0.29, 0.717) is 12.5 Å². The first kappa shape index (κ1) is 8.53. The summed E-state index contributed by atoms with van der Waals surface area (Å²) in [7, 11) is 0. The van der Waals surface area contributed by atoms with Gasteiger partial charge in [0.2, 0.25) is 5.88 Å². The maximum absolute atomic E-state index is 5.50. The number of rotatable bonds is 1. The van der Waals surface area contributed by atoms with Gasteiger partial charge in [0.05, 0.1) is 0 Å². The fourth-order valence-corrected chi connectivity index (χ4v) is 2.48. The number of fused-ring (bicyclic) bond motifs is 1. The molecule has 0 amide bonds. The molecule has 1 fully saturated rings. The van der Waals surface area contributed by atoms with Crippen LogP contribution < -0.4 is 10.1 Å². The van der Waals surface area contributed by atoms with Gasteiger partial charge in [0, 0.05) is 17.2 Å². The first-order valence-corrected chi connectivity index (χ1v) is 5.70. The maximum atomic E-state index is 5.50.